The smallest absolute Gasteiger partial charge is 0.258 e. The van der Waals surface area contributed by atoms with Gasteiger partial charge in [-0.05, 0) is 47.2 Å². The maximum Gasteiger partial charge on any atom is 0.368 e. The topological polar surface area (TPSA) is 95.8 Å². The molecule has 134 valence electrons. The Kier molecular flexibility index (Phi) is 4.81. The van der Waals surface area contributed by atoms with Crippen molar-refractivity contribution in [3.8, 4) is 5.69 Å². The lowest BCUT2D eigenvalue weighted by Crippen LogP contribution is -2.24. The van der Waals surface area contributed by atoms with Crippen molar-refractivity contribution in [2.24, 2.45) is 0 Å². The average Bonchev–Trinajstić information content (AvgIpc) is 2.96. The van der Waals surface area contributed by atoms with E-state index in [1.807, 2.05) is 0 Å². The zero-order chi connectivity index (χ0) is 18.8. The van der Waals surface area contributed by atoms with E-state index in [4.69, 9.17) is 11.6 Å². The molecule has 0 radical (unpaired) electrons. The van der Waals surface area contributed by atoms with Crippen LogP contribution in [0.4, 0.5) is 10.1 Å². The maximum absolute atomic E-state index is 12.9. The molecule has 26 heavy (non-hydrogen) atoms. The van der Waals surface area contributed by atoms with E-state index in [9.17, 15) is 19.3 Å². The minimum atomic E-state index is -0.766. The van der Waals surface area contributed by atoms with Gasteiger partial charge in [0.15, 0.2) is 0 Å². The van der Waals surface area contributed by atoms with Crippen LogP contribution in [0.1, 0.15) is 16.7 Å². The van der Waals surface area contributed by atoms with E-state index in [0.717, 1.165) is 9.36 Å². The summed E-state index contributed by atoms with van der Waals surface area (Å²) in [5, 5.41) is 18.7. The lowest BCUT2D eigenvalue weighted by molar-refractivity contribution is -0.385. The van der Waals surface area contributed by atoms with Gasteiger partial charge in [-0.2, -0.15) is 9.36 Å². The number of aromatic nitrogens is 4. The van der Waals surface area contributed by atoms with E-state index in [-0.39, 0.29) is 22.8 Å². The van der Waals surface area contributed by atoms with E-state index in [0.29, 0.717) is 16.8 Å². The van der Waals surface area contributed by atoms with E-state index in [2.05, 4.69) is 10.4 Å². The van der Waals surface area contributed by atoms with Crippen LogP contribution in [-0.4, -0.2) is 24.7 Å². The minimum Gasteiger partial charge on any atom is -0.258 e. The first-order valence-electron chi connectivity index (χ1n) is 7.52. The number of hydrogen-bond donors (Lipinski definition) is 0. The summed E-state index contributed by atoms with van der Waals surface area (Å²) in [5.74, 6) is 0. The molecule has 8 nitrogen and oxygen atoms in total. The van der Waals surface area contributed by atoms with Gasteiger partial charge < -0.3 is 0 Å². The number of hydrogen-bond acceptors (Lipinski definition) is 5. The third-order valence-corrected chi connectivity index (χ3v) is 4.22. The molecule has 3 aromatic rings. The molecule has 2 aromatic carbocycles. The van der Waals surface area contributed by atoms with Gasteiger partial charge in [-0.25, -0.2) is 9.18 Å². The van der Waals surface area contributed by atoms with Gasteiger partial charge in [-0.15, -0.1) is 0 Å². The molecule has 1 heterocycles. The molecule has 3 rings (SSSR count). The van der Waals surface area contributed by atoms with Crippen molar-refractivity contribution >= 4 is 17.3 Å². The first-order chi connectivity index (χ1) is 12.4. The number of alkyl halides is 1. The van der Waals surface area contributed by atoms with Crippen molar-refractivity contribution < 1.29 is 9.31 Å². The molecule has 0 aliphatic heterocycles. The Hall–Kier alpha value is -3.07. The largest absolute Gasteiger partial charge is 0.368 e. The fourth-order valence-electron chi connectivity index (χ4n) is 2.52. The molecule has 0 spiro atoms. The van der Waals surface area contributed by atoms with Crippen LogP contribution in [0.3, 0.4) is 0 Å². The zero-order valence-electron chi connectivity index (χ0n) is 13.6. The average molecular weight is 378 g/mol. The number of halogens is 2. The molecular formula is C16H13ClFN5O3. The first kappa shape index (κ1) is 17.7. The van der Waals surface area contributed by atoms with Crippen LogP contribution < -0.4 is 5.69 Å². The van der Waals surface area contributed by atoms with Crippen LogP contribution in [-0.2, 0) is 13.2 Å². The molecule has 0 saturated carbocycles. The third-order valence-electron chi connectivity index (χ3n) is 3.85. The summed E-state index contributed by atoms with van der Waals surface area (Å²) in [6.07, 6.45) is 0. The molecule has 0 fully saturated rings. The van der Waals surface area contributed by atoms with Gasteiger partial charge in [-0.1, -0.05) is 17.7 Å². The highest BCUT2D eigenvalue weighted by Crippen LogP contribution is 2.20. The monoisotopic (exact) mass is 377 g/mol. The molecule has 0 saturated heterocycles. The van der Waals surface area contributed by atoms with E-state index >= 15 is 0 Å². The first-order valence-corrected chi connectivity index (χ1v) is 7.90. The number of nitro benzene ring substituents is 1. The zero-order valence-corrected chi connectivity index (χ0v) is 14.4. The van der Waals surface area contributed by atoms with Crippen LogP contribution in [0.15, 0.2) is 41.2 Å². The molecule has 0 atom stereocenters. The van der Waals surface area contributed by atoms with E-state index < -0.39 is 17.3 Å². The van der Waals surface area contributed by atoms with Gasteiger partial charge in [-0.3, -0.25) is 10.1 Å². The minimum absolute atomic E-state index is 0.00432. The number of aryl methyl sites for hydroxylation is 1. The van der Waals surface area contributed by atoms with Gasteiger partial charge in [0.2, 0.25) is 0 Å². The standard InChI is InChI=1S/C16H13ClFN5O3/c1-10-6-11(2-5-15(10)23(25)26)9-21-16(24)22(20-19-21)13-3-4-14(17)12(7-13)8-18/h2-7H,8-9H2,1H3. The highest BCUT2D eigenvalue weighted by Gasteiger charge is 2.14. The second-order valence-corrected chi connectivity index (χ2v) is 6.03. The second kappa shape index (κ2) is 7.04. The molecule has 0 aliphatic rings. The Bertz CT molecular complexity index is 1050. The summed E-state index contributed by atoms with van der Waals surface area (Å²) < 4.78 is 15.1. The Morgan fingerprint density at radius 3 is 2.65 bits per heavy atom. The number of nitrogens with zero attached hydrogens (tertiary/aromatic N) is 5. The van der Waals surface area contributed by atoms with Crippen LogP contribution in [0.5, 0.6) is 0 Å². The summed E-state index contributed by atoms with van der Waals surface area (Å²) in [5.41, 5.74) is 1.23. The van der Waals surface area contributed by atoms with Gasteiger partial charge in [0.05, 0.1) is 17.2 Å². The lowest BCUT2D eigenvalue weighted by Gasteiger charge is -2.04. The highest BCUT2D eigenvalue weighted by atomic mass is 35.5. The Balaban J connectivity index is 1.91. The third kappa shape index (κ3) is 3.33. The molecule has 0 unspecified atom stereocenters. The van der Waals surface area contributed by atoms with Crippen molar-refractivity contribution in [3.05, 3.63) is 78.7 Å². The summed E-state index contributed by atoms with van der Waals surface area (Å²) in [4.78, 5) is 22.9. The normalized spacial score (nSPS) is 10.9. The Labute approximate surface area is 151 Å². The van der Waals surface area contributed by atoms with Crippen LogP contribution >= 0.6 is 11.6 Å². The molecule has 0 amide bonds. The highest BCUT2D eigenvalue weighted by molar-refractivity contribution is 6.31. The van der Waals surface area contributed by atoms with E-state index in [1.165, 1.54) is 24.3 Å². The van der Waals surface area contributed by atoms with Crippen molar-refractivity contribution in [3.63, 3.8) is 0 Å². The van der Waals surface area contributed by atoms with Gasteiger partial charge in [0.25, 0.3) is 5.69 Å². The van der Waals surface area contributed by atoms with Gasteiger partial charge >= 0.3 is 5.69 Å². The van der Waals surface area contributed by atoms with Crippen LogP contribution in [0, 0.1) is 17.0 Å². The maximum atomic E-state index is 12.9. The van der Waals surface area contributed by atoms with E-state index in [1.54, 1.807) is 19.1 Å². The van der Waals surface area contributed by atoms with Gasteiger partial charge in [0.1, 0.15) is 6.67 Å². The molecule has 0 aliphatic carbocycles. The van der Waals surface area contributed by atoms with Gasteiger partial charge in [0, 0.05) is 22.2 Å². The van der Waals surface area contributed by atoms with Crippen molar-refractivity contribution in [2.75, 3.05) is 0 Å². The molecule has 0 N–H and O–H groups in total. The Morgan fingerprint density at radius 1 is 1.23 bits per heavy atom. The fourth-order valence-corrected chi connectivity index (χ4v) is 2.69. The lowest BCUT2D eigenvalue weighted by atomic mass is 10.1. The molecule has 1 aromatic heterocycles. The predicted molar refractivity (Wildman–Crippen MR) is 92.4 cm³/mol. The Morgan fingerprint density at radius 2 is 2.00 bits per heavy atom. The quantitative estimate of drug-likeness (QED) is 0.503. The summed E-state index contributed by atoms with van der Waals surface area (Å²) in [6, 6.07) is 9.01. The van der Waals surface area contributed by atoms with Crippen LogP contribution in [0.2, 0.25) is 5.02 Å². The number of benzene rings is 2. The fraction of sp³-hybridized carbons (Fsp3) is 0.188. The van der Waals surface area contributed by atoms with Crippen molar-refractivity contribution in [2.45, 2.75) is 20.1 Å². The predicted octanol–water partition coefficient (Wildman–Crippen LogP) is 2.82. The molecule has 0 bridgehead atoms. The van der Waals surface area contributed by atoms with Crippen LogP contribution in [0.25, 0.3) is 5.69 Å². The summed E-state index contributed by atoms with van der Waals surface area (Å²) in [6.45, 7) is 0.951. The summed E-state index contributed by atoms with van der Waals surface area (Å²) >= 11 is 5.87. The number of tetrazole rings is 1. The second-order valence-electron chi connectivity index (χ2n) is 5.62. The number of nitro groups is 1. The molecule has 10 heteroatoms. The molecular weight excluding hydrogens is 365 g/mol. The van der Waals surface area contributed by atoms with Crippen molar-refractivity contribution in [1.82, 2.24) is 19.8 Å². The summed E-state index contributed by atoms with van der Waals surface area (Å²) in [7, 11) is 0. The SMILES string of the molecule is Cc1cc(Cn2nnn(-c3ccc(Cl)c(CF)c3)c2=O)ccc1[N+](=O)[O-]. The van der Waals surface area contributed by atoms with Crippen molar-refractivity contribution in [1.29, 1.82) is 0 Å². The number of rotatable bonds is 5.